The van der Waals surface area contributed by atoms with Gasteiger partial charge in [0.1, 0.15) is 10.6 Å². The lowest BCUT2D eigenvalue weighted by Crippen LogP contribution is -2.32. The summed E-state index contributed by atoms with van der Waals surface area (Å²) in [6.07, 6.45) is 0.268. The first kappa shape index (κ1) is 14.0. The molecule has 96 valence electrons. The molecule has 0 bridgehead atoms. The van der Waals surface area contributed by atoms with Crippen molar-refractivity contribution in [2.24, 2.45) is 0 Å². The number of aromatic carboxylic acids is 1. The molecule has 1 aromatic rings. The molecule has 0 atom stereocenters. The number of hydrogen-bond acceptors (Lipinski definition) is 5. The molecule has 0 spiro atoms. The molecule has 6 nitrogen and oxygen atoms in total. The van der Waals surface area contributed by atoms with Crippen LogP contribution in [0.25, 0.3) is 0 Å². The van der Waals surface area contributed by atoms with E-state index in [1.54, 1.807) is 7.05 Å². The number of carbonyl (C=O) groups is 2. The van der Waals surface area contributed by atoms with E-state index in [1.165, 1.54) is 16.3 Å². The standard InChI is InChI=1S/C11H12N2O4S/c1-13(4-2-3-12)10(14)6-17-8-5-9(11(15)16)18-7-8/h5,7H,2,4,6H2,1H3,(H,15,16). The molecule has 18 heavy (non-hydrogen) atoms. The average Bonchev–Trinajstić information content (AvgIpc) is 2.81. The van der Waals surface area contributed by atoms with Gasteiger partial charge in [0, 0.05) is 25.0 Å². The predicted molar refractivity (Wildman–Crippen MR) is 64.6 cm³/mol. The van der Waals surface area contributed by atoms with Crippen molar-refractivity contribution >= 4 is 23.2 Å². The molecule has 1 heterocycles. The van der Waals surface area contributed by atoms with Gasteiger partial charge in [-0.1, -0.05) is 0 Å². The SMILES string of the molecule is CN(CCC#N)C(=O)COc1csc(C(=O)O)c1. The molecule has 0 aliphatic heterocycles. The molecular formula is C11H12N2O4S. The third kappa shape index (κ3) is 4.07. The number of thiophene rings is 1. The molecule has 0 saturated carbocycles. The number of carboxylic acid groups (broad SMARTS) is 1. The van der Waals surface area contributed by atoms with Gasteiger partial charge in [0.2, 0.25) is 0 Å². The van der Waals surface area contributed by atoms with E-state index < -0.39 is 5.97 Å². The number of ether oxygens (including phenoxy) is 1. The third-order valence-electron chi connectivity index (χ3n) is 2.13. The fourth-order valence-corrected chi connectivity index (χ4v) is 1.77. The lowest BCUT2D eigenvalue weighted by atomic mass is 10.4. The highest BCUT2D eigenvalue weighted by Crippen LogP contribution is 2.21. The van der Waals surface area contributed by atoms with Crippen LogP contribution >= 0.6 is 11.3 Å². The van der Waals surface area contributed by atoms with Crippen molar-refractivity contribution in [3.05, 3.63) is 16.3 Å². The van der Waals surface area contributed by atoms with Crippen molar-refractivity contribution in [3.63, 3.8) is 0 Å². The van der Waals surface area contributed by atoms with Gasteiger partial charge < -0.3 is 14.7 Å². The van der Waals surface area contributed by atoms with Gasteiger partial charge in [-0.05, 0) is 0 Å². The van der Waals surface area contributed by atoms with Crippen LogP contribution in [0.4, 0.5) is 0 Å². The second kappa shape index (κ2) is 6.61. The van der Waals surface area contributed by atoms with E-state index in [2.05, 4.69) is 0 Å². The van der Waals surface area contributed by atoms with Crippen molar-refractivity contribution in [2.45, 2.75) is 6.42 Å². The number of carbonyl (C=O) groups excluding carboxylic acids is 1. The zero-order chi connectivity index (χ0) is 13.5. The molecular weight excluding hydrogens is 256 g/mol. The zero-order valence-electron chi connectivity index (χ0n) is 9.75. The van der Waals surface area contributed by atoms with Gasteiger partial charge >= 0.3 is 5.97 Å². The Morgan fingerprint density at radius 1 is 1.61 bits per heavy atom. The lowest BCUT2D eigenvalue weighted by Gasteiger charge is -2.15. The number of amides is 1. The molecule has 1 aromatic heterocycles. The minimum Gasteiger partial charge on any atom is -0.483 e. The van der Waals surface area contributed by atoms with Crippen LogP contribution < -0.4 is 4.74 Å². The molecule has 0 aliphatic rings. The second-order valence-corrected chi connectivity index (χ2v) is 4.38. The Hall–Kier alpha value is -2.07. The van der Waals surface area contributed by atoms with E-state index in [4.69, 9.17) is 15.1 Å². The first-order valence-corrected chi connectivity index (χ1v) is 5.98. The molecule has 1 N–H and O–H groups in total. The monoisotopic (exact) mass is 268 g/mol. The summed E-state index contributed by atoms with van der Waals surface area (Å²) in [5.41, 5.74) is 0. The van der Waals surface area contributed by atoms with Crippen molar-refractivity contribution in [2.75, 3.05) is 20.2 Å². The third-order valence-corrected chi connectivity index (χ3v) is 3.03. The van der Waals surface area contributed by atoms with Crippen LogP contribution in [0.1, 0.15) is 16.1 Å². The largest absolute Gasteiger partial charge is 0.483 e. The maximum Gasteiger partial charge on any atom is 0.346 e. The summed E-state index contributed by atoms with van der Waals surface area (Å²) < 4.78 is 5.17. The van der Waals surface area contributed by atoms with Crippen molar-refractivity contribution in [1.82, 2.24) is 4.90 Å². The highest BCUT2D eigenvalue weighted by molar-refractivity contribution is 7.12. The van der Waals surface area contributed by atoms with Crippen LogP contribution in [0.2, 0.25) is 0 Å². The molecule has 0 aliphatic carbocycles. The number of carboxylic acids is 1. The number of hydrogen-bond donors (Lipinski definition) is 1. The van der Waals surface area contributed by atoms with Crippen LogP contribution in [0.3, 0.4) is 0 Å². The molecule has 1 rings (SSSR count). The van der Waals surface area contributed by atoms with Gasteiger partial charge in [0.25, 0.3) is 5.91 Å². The fourth-order valence-electron chi connectivity index (χ4n) is 1.10. The summed E-state index contributed by atoms with van der Waals surface area (Å²) in [7, 11) is 1.58. The van der Waals surface area contributed by atoms with Gasteiger partial charge in [-0.3, -0.25) is 4.79 Å². The highest BCUT2D eigenvalue weighted by atomic mass is 32.1. The first-order chi connectivity index (χ1) is 8.54. The summed E-state index contributed by atoms with van der Waals surface area (Å²) >= 11 is 1.04. The Morgan fingerprint density at radius 3 is 2.89 bits per heavy atom. The molecule has 0 saturated heterocycles. The summed E-state index contributed by atoms with van der Waals surface area (Å²) in [5.74, 6) is -0.917. The van der Waals surface area contributed by atoms with Gasteiger partial charge in [0.05, 0.1) is 12.5 Å². The Labute approximate surface area is 108 Å². The topological polar surface area (TPSA) is 90.6 Å². The molecule has 0 unspecified atom stereocenters. The molecule has 0 radical (unpaired) electrons. The van der Waals surface area contributed by atoms with Crippen LogP contribution in [-0.2, 0) is 4.79 Å². The van der Waals surface area contributed by atoms with E-state index in [0.29, 0.717) is 12.3 Å². The van der Waals surface area contributed by atoms with Gasteiger partial charge in [-0.15, -0.1) is 11.3 Å². The normalized spacial score (nSPS) is 9.56. The van der Waals surface area contributed by atoms with E-state index in [9.17, 15) is 9.59 Å². The van der Waals surface area contributed by atoms with Crippen molar-refractivity contribution in [3.8, 4) is 11.8 Å². The first-order valence-electron chi connectivity index (χ1n) is 5.10. The summed E-state index contributed by atoms with van der Waals surface area (Å²) in [4.78, 5) is 23.7. The Morgan fingerprint density at radius 2 is 2.33 bits per heavy atom. The van der Waals surface area contributed by atoms with Gasteiger partial charge in [-0.2, -0.15) is 5.26 Å². The van der Waals surface area contributed by atoms with Crippen LogP contribution in [-0.4, -0.2) is 42.1 Å². The van der Waals surface area contributed by atoms with E-state index in [-0.39, 0.29) is 23.8 Å². The van der Waals surface area contributed by atoms with Gasteiger partial charge in [0.15, 0.2) is 6.61 Å². The fraction of sp³-hybridized carbons (Fsp3) is 0.364. The summed E-state index contributed by atoms with van der Waals surface area (Å²) in [5, 5.41) is 18.6. The maximum atomic E-state index is 11.5. The van der Waals surface area contributed by atoms with Gasteiger partial charge in [-0.25, -0.2) is 4.79 Å². The number of nitrogens with zero attached hydrogens (tertiary/aromatic N) is 2. The molecule has 7 heteroatoms. The van der Waals surface area contributed by atoms with E-state index in [1.807, 2.05) is 6.07 Å². The number of nitriles is 1. The van der Waals surface area contributed by atoms with E-state index >= 15 is 0 Å². The second-order valence-electron chi connectivity index (χ2n) is 3.46. The molecule has 1 amide bonds. The van der Waals surface area contributed by atoms with Crippen LogP contribution in [0.15, 0.2) is 11.4 Å². The number of rotatable bonds is 6. The lowest BCUT2D eigenvalue weighted by molar-refractivity contribution is -0.131. The predicted octanol–water partition coefficient (Wildman–Crippen LogP) is 1.20. The summed E-state index contributed by atoms with van der Waals surface area (Å²) in [6.45, 7) is 0.181. The quantitative estimate of drug-likeness (QED) is 0.837. The Kier molecular flexibility index (Phi) is 5.14. The smallest absolute Gasteiger partial charge is 0.346 e. The minimum absolute atomic E-state index is 0.162. The molecule has 0 aromatic carbocycles. The van der Waals surface area contributed by atoms with Crippen molar-refractivity contribution < 1.29 is 19.4 Å². The van der Waals surface area contributed by atoms with Crippen LogP contribution in [0, 0.1) is 11.3 Å². The average molecular weight is 268 g/mol. The Balaban J connectivity index is 2.42. The Bertz CT molecular complexity index is 478. The maximum absolute atomic E-state index is 11.5. The highest BCUT2D eigenvalue weighted by Gasteiger charge is 2.11. The number of likely N-dealkylation sites (N-methyl/N-ethyl adjacent to an activating group) is 1. The van der Waals surface area contributed by atoms with Crippen LogP contribution in [0.5, 0.6) is 5.75 Å². The molecule has 0 fully saturated rings. The summed E-state index contributed by atoms with van der Waals surface area (Å²) in [6, 6.07) is 3.32. The van der Waals surface area contributed by atoms with E-state index in [0.717, 1.165) is 11.3 Å². The van der Waals surface area contributed by atoms with Crippen molar-refractivity contribution in [1.29, 1.82) is 5.26 Å². The zero-order valence-corrected chi connectivity index (χ0v) is 10.6. The minimum atomic E-state index is -1.02.